The van der Waals surface area contributed by atoms with Crippen LogP contribution in [0, 0.1) is 17.8 Å². The summed E-state index contributed by atoms with van der Waals surface area (Å²) in [5.74, 6) is 1.60. The summed E-state index contributed by atoms with van der Waals surface area (Å²) in [6, 6.07) is 0.0678. The van der Waals surface area contributed by atoms with Gasteiger partial charge in [0.1, 0.15) is 0 Å². The maximum Gasteiger partial charge on any atom is 0.317 e. The average Bonchev–Trinajstić information content (AvgIpc) is 2.35. The van der Waals surface area contributed by atoms with Crippen molar-refractivity contribution < 1.29 is 9.90 Å². The Morgan fingerprint density at radius 3 is 2.79 bits per heavy atom. The second kappa shape index (κ2) is 8.41. The smallest absolute Gasteiger partial charge is 0.317 e. The summed E-state index contributed by atoms with van der Waals surface area (Å²) in [4.78, 5) is 14.0. The van der Waals surface area contributed by atoms with Crippen molar-refractivity contribution in [2.75, 3.05) is 26.2 Å². The molecule has 0 radical (unpaired) electrons. The Balaban J connectivity index is 2.33. The van der Waals surface area contributed by atoms with Crippen LogP contribution < -0.4 is 5.32 Å². The number of hydrogen-bond donors (Lipinski definition) is 2. The van der Waals surface area contributed by atoms with E-state index >= 15 is 0 Å². The molecule has 19 heavy (non-hydrogen) atoms. The molecule has 0 aliphatic carbocycles. The lowest BCUT2D eigenvalue weighted by atomic mass is 9.94. The van der Waals surface area contributed by atoms with Crippen molar-refractivity contribution in [1.82, 2.24) is 10.2 Å². The predicted octanol–water partition coefficient (Wildman–Crippen LogP) is 2.47. The number of nitrogens with zero attached hydrogens (tertiary/aromatic N) is 1. The zero-order valence-electron chi connectivity index (χ0n) is 12.7. The highest BCUT2D eigenvalue weighted by Gasteiger charge is 2.21. The lowest BCUT2D eigenvalue weighted by Gasteiger charge is -2.31. The highest BCUT2D eigenvalue weighted by atomic mass is 16.3. The van der Waals surface area contributed by atoms with Gasteiger partial charge in [0.15, 0.2) is 0 Å². The van der Waals surface area contributed by atoms with Crippen molar-refractivity contribution in [1.29, 1.82) is 0 Å². The van der Waals surface area contributed by atoms with Gasteiger partial charge in [0.25, 0.3) is 0 Å². The maximum atomic E-state index is 12.1. The first kappa shape index (κ1) is 16.3. The number of aliphatic hydroxyl groups excluding tert-OH is 1. The second-order valence-electron chi connectivity index (χ2n) is 6.39. The molecule has 4 heteroatoms. The van der Waals surface area contributed by atoms with Crippen LogP contribution in [0.4, 0.5) is 4.79 Å². The molecule has 2 amide bonds. The Hall–Kier alpha value is -0.770. The number of piperidine rings is 1. The Labute approximate surface area is 117 Å². The van der Waals surface area contributed by atoms with Crippen molar-refractivity contribution in [2.45, 2.75) is 46.5 Å². The number of hydrogen-bond acceptors (Lipinski definition) is 2. The van der Waals surface area contributed by atoms with Gasteiger partial charge in [0.05, 0.1) is 0 Å². The van der Waals surface area contributed by atoms with E-state index < -0.39 is 0 Å². The van der Waals surface area contributed by atoms with Crippen LogP contribution in [0.25, 0.3) is 0 Å². The maximum absolute atomic E-state index is 12.1. The van der Waals surface area contributed by atoms with Crippen molar-refractivity contribution in [2.24, 2.45) is 17.8 Å². The molecule has 1 rings (SSSR count). The number of carbonyl (C=O) groups excluding carboxylic acids is 1. The molecule has 0 aromatic carbocycles. The van der Waals surface area contributed by atoms with Gasteiger partial charge in [-0.15, -0.1) is 0 Å². The van der Waals surface area contributed by atoms with Gasteiger partial charge in [-0.25, -0.2) is 4.79 Å². The largest absolute Gasteiger partial charge is 0.396 e. The van der Waals surface area contributed by atoms with E-state index in [4.69, 9.17) is 5.11 Å². The van der Waals surface area contributed by atoms with E-state index in [1.807, 2.05) is 4.90 Å². The monoisotopic (exact) mass is 270 g/mol. The van der Waals surface area contributed by atoms with E-state index in [2.05, 4.69) is 26.1 Å². The Morgan fingerprint density at radius 1 is 1.47 bits per heavy atom. The number of rotatable bonds is 6. The molecule has 0 aromatic rings. The minimum Gasteiger partial charge on any atom is -0.396 e. The zero-order chi connectivity index (χ0) is 14.3. The Kier molecular flexibility index (Phi) is 7.21. The fourth-order valence-electron chi connectivity index (χ4n) is 2.87. The van der Waals surface area contributed by atoms with Gasteiger partial charge in [0, 0.05) is 26.2 Å². The molecule has 0 spiro atoms. The Bertz CT molecular complexity index is 269. The minimum absolute atomic E-state index is 0.0678. The van der Waals surface area contributed by atoms with Crippen LogP contribution in [0.2, 0.25) is 0 Å². The molecule has 1 fully saturated rings. The molecule has 0 aromatic heterocycles. The first-order valence-corrected chi connectivity index (χ1v) is 7.66. The van der Waals surface area contributed by atoms with E-state index in [0.29, 0.717) is 24.3 Å². The number of aliphatic hydroxyl groups is 1. The zero-order valence-corrected chi connectivity index (χ0v) is 12.7. The third-order valence-corrected chi connectivity index (χ3v) is 3.83. The standard InChI is InChI=1S/C15H30N2O2/c1-12(2)9-14(6-8-18)10-16-15(19)17-7-4-5-13(3)11-17/h12-14,18H,4-11H2,1-3H3,(H,16,19). The Morgan fingerprint density at radius 2 is 2.21 bits per heavy atom. The molecule has 4 nitrogen and oxygen atoms in total. The van der Waals surface area contributed by atoms with E-state index in [1.165, 1.54) is 6.42 Å². The van der Waals surface area contributed by atoms with Crippen LogP contribution in [0.5, 0.6) is 0 Å². The van der Waals surface area contributed by atoms with Crippen molar-refractivity contribution in [3.05, 3.63) is 0 Å². The predicted molar refractivity (Wildman–Crippen MR) is 78.0 cm³/mol. The highest BCUT2D eigenvalue weighted by Crippen LogP contribution is 2.17. The van der Waals surface area contributed by atoms with Crippen LogP contribution in [-0.4, -0.2) is 42.3 Å². The summed E-state index contributed by atoms with van der Waals surface area (Å²) in [5.41, 5.74) is 0. The molecule has 2 atom stereocenters. The van der Waals surface area contributed by atoms with E-state index in [0.717, 1.165) is 32.4 Å². The molecular formula is C15H30N2O2. The van der Waals surface area contributed by atoms with Crippen LogP contribution in [-0.2, 0) is 0 Å². The molecule has 1 aliphatic heterocycles. The fourth-order valence-corrected chi connectivity index (χ4v) is 2.87. The summed E-state index contributed by atoms with van der Waals surface area (Å²) in [6.45, 7) is 9.20. The van der Waals surface area contributed by atoms with Gasteiger partial charge in [-0.1, -0.05) is 20.8 Å². The summed E-state index contributed by atoms with van der Waals surface area (Å²) in [6.07, 6.45) is 4.16. The number of likely N-dealkylation sites (tertiary alicyclic amines) is 1. The molecule has 0 bridgehead atoms. The molecule has 2 unspecified atom stereocenters. The summed E-state index contributed by atoms with van der Waals surface area (Å²) in [7, 11) is 0. The van der Waals surface area contributed by atoms with Gasteiger partial charge in [-0.3, -0.25) is 0 Å². The van der Waals surface area contributed by atoms with E-state index in [1.54, 1.807) is 0 Å². The lowest BCUT2D eigenvalue weighted by molar-refractivity contribution is 0.165. The fraction of sp³-hybridized carbons (Fsp3) is 0.933. The number of nitrogens with one attached hydrogen (secondary N) is 1. The quantitative estimate of drug-likeness (QED) is 0.779. The molecular weight excluding hydrogens is 240 g/mol. The molecule has 0 saturated carbocycles. The minimum atomic E-state index is 0.0678. The van der Waals surface area contributed by atoms with Crippen LogP contribution in [0.15, 0.2) is 0 Å². The molecule has 1 aliphatic rings. The van der Waals surface area contributed by atoms with E-state index in [-0.39, 0.29) is 12.6 Å². The third-order valence-electron chi connectivity index (χ3n) is 3.83. The van der Waals surface area contributed by atoms with Crippen LogP contribution >= 0.6 is 0 Å². The summed E-state index contributed by atoms with van der Waals surface area (Å²) < 4.78 is 0. The number of carbonyl (C=O) groups is 1. The first-order chi connectivity index (χ1) is 9.02. The van der Waals surface area contributed by atoms with Gasteiger partial charge in [-0.2, -0.15) is 0 Å². The lowest BCUT2D eigenvalue weighted by Crippen LogP contribution is -2.46. The van der Waals surface area contributed by atoms with Gasteiger partial charge in [0.2, 0.25) is 0 Å². The summed E-state index contributed by atoms with van der Waals surface area (Å²) >= 11 is 0. The first-order valence-electron chi connectivity index (χ1n) is 7.66. The average molecular weight is 270 g/mol. The van der Waals surface area contributed by atoms with Crippen LogP contribution in [0.3, 0.4) is 0 Å². The molecule has 1 heterocycles. The second-order valence-corrected chi connectivity index (χ2v) is 6.39. The topological polar surface area (TPSA) is 52.6 Å². The van der Waals surface area contributed by atoms with Gasteiger partial charge in [-0.05, 0) is 43.4 Å². The SMILES string of the molecule is CC(C)CC(CCO)CNC(=O)N1CCCC(C)C1. The third kappa shape index (κ3) is 6.28. The number of urea groups is 1. The van der Waals surface area contributed by atoms with Gasteiger partial charge < -0.3 is 15.3 Å². The molecule has 1 saturated heterocycles. The normalized spacial score (nSPS) is 21.5. The summed E-state index contributed by atoms with van der Waals surface area (Å²) in [5, 5.41) is 12.1. The van der Waals surface area contributed by atoms with Crippen LogP contribution in [0.1, 0.15) is 46.5 Å². The van der Waals surface area contributed by atoms with Crippen molar-refractivity contribution in [3.63, 3.8) is 0 Å². The highest BCUT2D eigenvalue weighted by molar-refractivity contribution is 5.74. The number of amides is 2. The van der Waals surface area contributed by atoms with Gasteiger partial charge >= 0.3 is 6.03 Å². The molecule has 2 N–H and O–H groups in total. The van der Waals surface area contributed by atoms with E-state index in [9.17, 15) is 4.79 Å². The molecule has 112 valence electrons. The van der Waals surface area contributed by atoms with Crippen molar-refractivity contribution in [3.8, 4) is 0 Å². The van der Waals surface area contributed by atoms with Crippen molar-refractivity contribution >= 4 is 6.03 Å².